The van der Waals surface area contributed by atoms with Gasteiger partial charge in [0.25, 0.3) is 0 Å². The van der Waals surface area contributed by atoms with Gasteiger partial charge in [0.15, 0.2) is 0 Å². The van der Waals surface area contributed by atoms with Crippen LogP contribution in [0.4, 0.5) is 0 Å². The molecule has 0 aromatic rings. The van der Waals surface area contributed by atoms with Crippen LogP contribution < -0.4 is 0 Å². The Hall–Kier alpha value is -0.310. The van der Waals surface area contributed by atoms with E-state index < -0.39 is 7.82 Å². The largest absolute Gasteiger partial charge is 0.524 e. The molecular formula is C8H15O4P. The monoisotopic (exact) mass is 206 g/mol. The van der Waals surface area contributed by atoms with Gasteiger partial charge in [-0.2, -0.15) is 0 Å². The van der Waals surface area contributed by atoms with Crippen molar-refractivity contribution in [3.63, 3.8) is 0 Å². The van der Waals surface area contributed by atoms with Crippen molar-refractivity contribution in [2.75, 3.05) is 0 Å². The van der Waals surface area contributed by atoms with E-state index in [0.717, 1.165) is 31.3 Å². The molecule has 0 fully saturated rings. The summed E-state index contributed by atoms with van der Waals surface area (Å²) < 4.78 is 15.0. The van der Waals surface area contributed by atoms with Crippen LogP contribution in [0, 0.1) is 0 Å². The number of hydrogen-bond acceptors (Lipinski definition) is 2. The Kier molecular flexibility index (Phi) is 3.54. The lowest BCUT2D eigenvalue weighted by molar-refractivity contribution is 0.224. The van der Waals surface area contributed by atoms with E-state index >= 15 is 0 Å². The molecule has 0 aromatic heterocycles. The molecule has 0 unspecified atom stereocenters. The summed E-state index contributed by atoms with van der Waals surface area (Å²) in [6.07, 6.45) is 4.65. The topological polar surface area (TPSA) is 66.8 Å². The Morgan fingerprint density at radius 3 is 2.54 bits per heavy atom. The molecule has 2 N–H and O–H groups in total. The fourth-order valence-electron chi connectivity index (χ4n) is 1.31. The summed E-state index contributed by atoms with van der Waals surface area (Å²) in [5, 5.41) is 0. The van der Waals surface area contributed by atoms with Crippen LogP contribution in [0.25, 0.3) is 0 Å². The standard InChI is InChI=1S/C8H15O4P/c1-2-3-4-7-5-6-8(7)12-13(9,10)11/h2-6H2,1H3,(H2,9,10,11). The lowest BCUT2D eigenvalue weighted by atomic mass is 9.92. The van der Waals surface area contributed by atoms with E-state index in [0.29, 0.717) is 12.2 Å². The van der Waals surface area contributed by atoms with Crippen molar-refractivity contribution in [1.29, 1.82) is 0 Å². The molecule has 0 atom stereocenters. The Bertz CT molecular complexity index is 253. The molecule has 0 heterocycles. The molecule has 0 bridgehead atoms. The first-order valence-electron chi connectivity index (χ1n) is 4.49. The minimum absolute atomic E-state index is 0.516. The SMILES string of the molecule is CCCCC1=C(OP(=O)(O)O)CC1. The van der Waals surface area contributed by atoms with Crippen LogP contribution in [0.3, 0.4) is 0 Å². The van der Waals surface area contributed by atoms with E-state index in [1.165, 1.54) is 0 Å². The molecule has 1 aliphatic carbocycles. The van der Waals surface area contributed by atoms with Gasteiger partial charge < -0.3 is 4.52 Å². The highest BCUT2D eigenvalue weighted by atomic mass is 31.2. The van der Waals surface area contributed by atoms with Crippen molar-refractivity contribution in [3.05, 3.63) is 11.3 Å². The maximum Gasteiger partial charge on any atom is 0.524 e. The van der Waals surface area contributed by atoms with Crippen LogP contribution in [-0.2, 0) is 9.09 Å². The van der Waals surface area contributed by atoms with Crippen LogP contribution in [0.1, 0.15) is 39.0 Å². The number of phosphoric acid groups is 1. The van der Waals surface area contributed by atoms with Crippen molar-refractivity contribution >= 4 is 7.82 Å². The van der Waals surface area contributed by atoms with Gasteiger partial charge in [-0.05, 0) is 24.8 Å². The van der Waals surface area contributed by atoms with Gasteiger partial charge in [0, 0.05) is 6.42 Å². The average Bonchev–Trinajstić information content (AvgIpc) is 1.98. The van der Waals surface area contributed by atoms with Gasteiger partial charge in [-0.1, -0.05) is 13.3 Å². The highest BCUT2D eigenvalue weighted by Gasteiger charge is 2.25. The maximum atomic E-state index is 10.5. The van der Waals surface area contributed by atoms with Gasteiger partial charge in [-0.3, -0.25) is 9.79 Å². The molecule has 13 heavy (non-hydrogen) atoms. The second kappa shape index (κ2) is 4.27. The number of hydrogen-bond donors (Lipinski definition) is 2. The Balaban J connectivity index is 2.46. The normalized spacial score (nSPS) is 17.2. The van der Waals surface area contributed by atoms with E-state index in [4.69, 9.17) is 9.79 Å². The molecule has 1 rings (SSSR count). The molecular weight excluding hydrogens is 191 g/mol. The highest BCUT2D eigenvalue weighted by molar-refractivity contribution is 7.46. The quantitative estimate of drug-likeness (QED) is 0.677. The molecule has 0 spiro atoms. The summed E-state index contributed by atoms with van der Waals surface area (Å²) >= 11 is 0. The fourth-order valence-corrected chi connectivity index (χ4v) is 1.82. The Labute approximate surface area is 77.9 Å². The first kappa shape index (κ1) is 10.8. The summed E-state index contributed by atoms with van der Waals surface area (Å²) in [6.45, 7) is 2.09. The summed E-state index contributed by atoms with van der Waals surface area (Å²) in [4.78, 5) is 17.1. The zero-order chi connectivity index (χ0) is 9.90. The van der Waals surface area contributed by atoms with Crippen LogP contribution in [-0.4, -0.2) is 9.79 Å². The Morgan fingerprint density at radius 1 is 1.46 bits per heavy atom. The van der Waals surface area contributed by atoms with Crippen molar-refractivity contribution in [3.8, 4) is 0 Å². The fraction of sp³-hybridized carbons (Fsp3) is 0.750. The van der Waals surface area contributed by atoms with Gasteiger partial charge in [0.05, 0.1) is 0 Å². The van der Waals surface area contributed by atoms with Crippen molar-refractivity contribution in [2.45, 2.75) is 39.0 Å². The first-order chi connectivity index (χ1) is 6.03. The molecule has 5 heteroatoms. The van der Waals surface area contributed by atoms with Gasteiger partial charge >= 0.3 is 7.82 Å². The van der Waals surface area contributed by atoms with E-state index in [2.05, 4.69) is 11.4 Å². The van der Waals surface area contributed by atoms with Gasteiger partial charge in [-0.25, -0.2) is 4.57 Å². The second-order valence-electron chi connectivity index (χ2n) is 3.21. The van der Waals surface area contributed by atoms with E-state index in [-0.39, 0.29) is 0 Å². The summed E-state index contributed by atoms with van der Waals surface area (Å²) in [5.41, 5.74) is 1.07. The molecule has 0 amide bonds. The molecule has 76 valence electrons. The summed E-state index contributed by atoms with van der Waals surface area (Å²) in [5.74, 6) is 0.516. The second-order valence-corrected chi connectivity index (χ2v) is 4.38. The number of rotatable bonds is 5. The van der Waals surface area contributed by atoms with Crippen molar-refractivity contribution in [1.82, 2.24) is 0 Å². The smallest absolute Gasteiger partial charge is 0.409 e. The maximum absolute atomic E-state index is 10.5. The third-order valence-electron chi connectivity index (χ3n) is 2.11. The predicted molar refractivity (Wildman–Crippen MR) is 48.9 cm³/mol. The van der Waals surface area contributed by atoms with Gasteiger partial charge in [-0.15, -0.1) is 0 Å². The summed E-state index contributed by atoms with van der Waals surface area (Å²) in [6, 6.07) is 0. The van der Waals surface area contributed by atoms with Crippen molar-refractivity contribution in [2.24, 2.45) is 0 Å². The summed E-state index contributed by atoms with van der Waals surface area (Å²) in [7, 11) is -4.31. The number of allylic oxidation sites excluding steroid dienone is 2. The van der Waals surface area contributed by atoms with Crippen molar-refractivity contribution < 1.29 is 18.9 Å². The van der Waals surface area contributed by atoms with Crippen LogP contribution in [0.5, 0.6) is 0 Å². The average molecular weight is 206 g/mol. The van der Waals surface area contributed by atoms with Crippen LogP contribution in [0.2, 0.25) is 0 Å². The molecule has 0 saturated carbocycles. The molecule has 4 nitrogen and oxygen atoms in total. The van der Waals surface area contributed by atoms with E-state index in [1.54, 1.807) is 0 Å². The molecule has 0 saturated heterocycles. The third kappa shape index (κ3) is 3.51. The van der Waals surface area contributed by atoms with E-state index in [9.17, 15) is 4.57 Å². The van der Waals surface area contributed by atoms with E-state index in [1.807, 2.05) is 0 Å². The van der Waals surface area contributed by atoms with Crippen LogP contribution in [0.15, 0.2) is 11.3 Å². The lowest BCUT2D eigenvalue weighted by Crippen LogP contribution is -2.06. The molecule has 1 aliphatic rings. The first-order valence-corrected chi connectivity index (χ1v) is 6.02. The van der Waals surface area contributed by atoms with Crippen LogP contribution >= 0.6 is 7.82 Å². The zero-order valence-electron chi connectivity index (χ0n) is 7.69. The minimum Gasteiger partial charge on any atom is -0.409 e. The molecule has 0 radical (unpaired) electrons. The predicted octanol–water partition coefficient (Wildman–Crippen LogP) is 2.33. The number of unbranched alkanes of at least 4 members (excludes halogenated alkanes) is 1. The minimum atomic E-state index is -4.31. The molecule has 0 aromatic carbocycles. The van der Waals surface area contributed by atoms with Gasteiger partial charge in [0.2, 0.25) is 0 Å². The Morgan fingerprint density at radius 2 is 2.15 bits per heavy atom. The third-order valence-corrected chi connectivity index (χ3v) is 2.57. The zero-order valence-corrected chi connectivity index (χ0v) is 8.59. The number of phosphoric ester groups is 1. The highest BCUT2D eigenvalue weighted by Crippen LogP contribution is 2.45. The van der Waals surface area contributed by atoms with Gasteiger partial charge in [0.1, 0.15) is 5.76 Å². The molecule has 0 aliphatic heterocycles. The lowest BCUT2D eigenvalue weighted by Gasteiger charge is -2.23.